The van der Waals surface area contributed by atoms with Gasteiger partial charge in [0, 0.05) is 26.0 Å². The minimum atomic E-state index is -0.299. The number of amides is 2. The molecule has 0 aromatic carbocycles. The molecule has 2 rings (SSSR count). The standard InChI is InChI=1S/C14H18ClN5O/c1-9-8-16-6-4-11(9)5-7-17-14(21)18-13-12(15)10(2)19-20(13)3/h4,6,8H,5,7H2,1-3H3,(H2,17,18,21). The first-order valence-electron chi connectivity index (χ1n) is 6.62. The molecule has 0 saturated carbocycles. The van der Waals surface area contributed by atoms with Crippen LogP contribution in [0.3, 0.4) is 0 Å². The maximum absolute atomic E-state index is 11.9. The number of hydrogen-bond acceptors (Lipinski definition) is 3. The summed E-state index contributed by atoms with van der Waals surface area (Å²) in [5.41, 5.74) is 2.96. The molecular formula is C14H18ClN5O. The fraction of sp³-hybridized carbons (Fsp3) is 0.357. The molecule has 2 heterocycles. The summed E-state index contributed by atoms with van der Waals surface area (Å²) in [4.78, 5) is 15.9. The second kappa shape index (κ2) is 6.58. The van der Waals surface area contributed by atoms with Crippen LogP contribution in [0, 0.1) is 13.8 Å². The van der Waals surface area contributed by atoms with Gasteiger partial charge in [-0.3, -0.25) is 15.0 Å². The third-order valence-electron chi connectivity index (χ3n) is 3.20. The van der Waals surface area contributed by atoms with Crippen molar-refractivity contribution >= 4 is 23.4 Å². The molecular weight excluding hydrogens is 290 g/mol. The van der Waals surface area contributed by atoms with Crippen molar-refractivity contribution in [3.63, 3.8) is 0 Å². The molecule has 2 N–H and O–H groups in total. The number of pyridine rings is 1. The fourth-order valence-corrected chi connectivity index (χ4v) is 2.22. The van der Waals surface area contributed by atoms with Crippen molar-refractivity contribution in [2.45, 2.75) is 20.3 Å². The molecule has 0 unspecified atom stereocenters. The van der Waals surface area contributed by atoms with Gasteiger partial charge < -0.3 is 5.32 Å². The number of carbonyl (C=O) groups excluding carboxylic acids is 1. The number of carbonyl (C=O) groups is 1. The van der Waals surface area contributed by atoms with Gasteiger partial charge in [0.1, 0.15) is 5.02 Å². The van der Waals surface area contributed by atoms with Crippen LogP contribution in [0.4, 0.5) is 10.6 Å². The molecule has 0 atom stereocenters. The third-order valence-corrected chi connectivity index (χ3v) is 3.65. The van der Waals surface area contributed by atoms with Crippen LogP contribution < -0.4 is 10.6 Å². The van der Waals surface area contributed by atoms with Crippen molar-refractivity contribution in [3.05, 3.63) is 40.3 Å². The minimum absolute atomic E-state index is 0.299. The summed E-state index contributed by atoms with van der Waals surface area (Å²) >= 11 is 6.08. The summed E-state index contributed by atoms with van der Waals surface area (Å²) in [6.45, 7) is 4.32. The summed E-state index contributed by atoms with van der Waals surface area (Å²) in [5.74, 6) is 0.492. The second-order valence-corrected chi connectivity index (χ2v) is 5.18. The monoisotopic (exact) mass is 307 g/mol. The second-order valence-electron chi connectivity index (χ2n) is 4.80. The van der Waals surface area contributed by atoms with Crippen LogP contribution in [-0.4, -0.2) is 27.3 Å². The average Bonchev–Trinajstić information content (AvgIpc) is 2.68. The zero-order valence-electron chi connectivity index (χ0n) is 12.3. The van der Waals surface area contributed by atoms with E-state index < -0.39 is 0 Å². The number of nitrogens with zero attached hydrogens (tertiary/aromatic N) is 3. The van der Waals surface area contributed by atoms with Crippen LogP contribution in [0.25, 0.3) is 0 Å². The summed E-state index contributed by atoms with van der Waals surface area (Å²) in [6.07, 6.45) is 4.31. The Kier molecular flexibility index (Phi) is 4.80. The van der Waals surface area contributed by atoms with Crippen molar-refractivity contribution in [2.75, 3.05) is 11.9 Å². The molecule has 0 fully saturated rings. The Hall–Kier alpha value is -2.08. The molecule has 0 spiro atoms. The lowest BCUT2D eigenvalue weighted by Gasteiger charge is -2.09. The molecule has 0 aliphatic heterocycles. The van der Waals surface area contributed by atoms with Crippen LogP contribution >= 0.6 is 11.6 Å². The lowest BCUT2D eigenvalue weighted by Crippen LogP contribution is -2.31. The van der Waals surface area contributed by atoms with Crippen molar-refractivity contribution in [1.82, 2.24) is 20.1 Å². The number of anilines is 1. The average molecular weight is 308 g/mol. The van der Waals surface area contributed by atoms with Crippen LogP contribution in [0.1, 0.15) is 16.8 Å². The van der Waals surface area contributed by atoms with Gasteiger partial charge in [0.2, 0.25) is 0 Å². The van der Waals surface area contributed by atoms with Crippen LogP contribution in [-0.2, 0) is 13.5 Å². The van der Waals surface area contributed by atoms with E-state index in [4.69, 9.17) is 11.6 Å². The topological polar surface area (TPSA) is 71.8 Å². The zero-order chi connectivity index (χ0) is 15.4. The smallest absolute Gasteiger partial charge is 0.320 e. The van der Waals surface area contributed by atoms with E-state index in [1.807, 2.05) is 19.2 Å². The van der Waals surface area contributed by atoms with E-state index in [1.54, 1.807) is 24.9 Å². The highest BCUT2D eigenvalue weighted by molar-refractivity contribution is 6.34. The van der Waals surface area contributed by atoms with Gasteiger partial charge in [-0.1, -0.05) is 11.6 Å². The van der Waals surface area contributed by atoms with E-state index in [0.717, 1.165) is 12.0 Å². The van der Waals surface area contributed by atoms with Gasteiger partial charge in [-0.25, -0.2) is 4.79 Å². The van der Waals surface area contributed by atoms with E-state index in [9.17, 15) is 4.79 Å². The van der Waals surface area contributed by atoms with Gasteiger partial charge in [-0.2, -0.15) is 5.10 Å². The number of aryl methyl sites for hydroxylation is 3. The number of rotatable bonds is 4. The molecule has 0 bridgehead atoms. The number of urea groups is 1. The largest absolute Gasteiger partial charge is 0.337 e. The first-order valence-corrected chi connectivity index (χ1v) is 7.00. The highest BCUT2D eigenvalue weighted by atomic mass is 35.5. The number of nitrogens with one attached hydrogen (secondary N) is 2. The third kappa shape index (κ3) is 3.72. The molecule has 112 valence electrons. The molecule has 0 saturated heterocycles. The molecule has 7 heteroatoms. The molecule has 6 nitrogen and oxygen atoms in total. The van der Waals surface area contributed by atoms with E-state index >= 15 is 0 Å². The van der Waals surface area contributed by atoms with Crippen molar-refractivity contribution in [2.24, 2.45) is 7.05 Å². The van der Waals surface area contributed by atoms with Crippen molar-refractivity contribution in [1.29, 1.82) is 0 Å². The molecule has 2 aromatic rings. The van der Waals surface area contributed by atoms with Gasteiger partial charge >= 0.3 is 6.03 Å². The first-order chi connectivity index (χ1) is 9.99. The Labute approximate surface area is 128 Å². The van der Waals surface area contributed by atoms with E-state index in [2.05, 4.69) is 20.7 Å². The summed E-state index contributed by atoms with van der Waals surface area (Å²) in [6, 6.07) is 1.66. The maximum Gasteiger partial charge on any atom is 0.320 e. The van der Waals surface area contributed by atoms with Gasteiger partial charge in [-0.15, -0.1) is 0 Å². The predicted octanol–water partition coefficient (Wildman–Crippen LogP) is 2.45. The predicted molar refractivity (Wildman–Crippen MR) is 82.7 cm³/mol. The van der Waals surface area contributed by atoms with Crippen LogP contribution in [0.2, 0.25) is 5.02 Å². The lowest BCUT2D eigenvalue weighted by molar-refractivity contribution is 0.252. The number of halogens is 1. The Morgan fingerprint density at radius 1 is 1.43 bits per heavy atom. The highest BCUT2D eigenvalue weighted by Gasteiger charge is 2.13. The van der Waals surface area contributed by atoms with Gasteiger partial charge in [0.05, 0.1) is 5.69 Å². The highest BCUT2D eigenvalue weighted by Crippen LogP contribution is 2.24. The normalized spacial score (nSPS) is 10.5. The molecule has 0 aliphatic rings. The summed E-state index contributed by atoms with van der Waals surface area (Å²) < 4.78 is 1.55. The number of hydrogen-bond donors (Lipinski definition) is 2. The molecule has 0 aliphatic carbocycles. The molecule has 21 heavy (non-hydrogen) atoms. The van der Waals surface area contributed by atoms with Gasteiger partial charge in [0.25, 0.3) is 0 Å². The Morgan fingerprint density at radius 2 is 2.19 bits per heavy atom. The van der Waals surface area contributed by atoms with Crippen molar-refractivity contribution < 1.29 is 4.79 Å². The molecule has 2 aromatic heterocycles. The Morgan fingerprint density at radius 3 is 2.81 bits per heavy atom. The quantitative estimate of drug-likeness (QED) is 0.911. The Balaban J connectivity index is 1.87. The zero-order valence-corrected chi connectivity index (χ0v) is 13.0. The van der Waals surface area contributed by atoms with Gasteiger partial charge in [0.15, 0.2) is 5.82 Å². The number of aromatic nitrogens is 3. The van der Waals surface area contributed by atoms with E-state index in [0.29, 0.717) is 23.1 Å². The van der Waals surface area contributed by atoms with E-state index in [-0.39, 0.29) is 6.03 Å². The van der Waals surface area contributed by atoms with Crippen LogP contribution in [0.5, 0.6) is 0 Å². The maximum atomic E-state index is 11.9. The summed E-state index contributed by atoms with van der Waals surface area (Å²) in [5, 5.41) is 10.1. The fourth-order valence-electron chi connectivity index (χ4n) is 2.01. The minimum Gasteiger partial charge on any atom is -0.337 e. The lowest BCUT2D eigenvalue weighted by atomic mass is 10.1. The Bertz CT molecular complexity index is 653. The SMILES string of the molecule is Cc1cnccc1CCNC(=O)Nc1c(Cl)c(C)nn1C. The molecule has 0 radical (unpaired) electrons. The van der Waals surface area contributed by atoms with Gasteiger partial charge in [-0.05, 0) is 37.5 Å². The van der Waals surface area contributed by atoms with Crippen LogP contribution in [0.15, 0.2) is 18.5 Å². The molecule has 2 amide bonds. The van der Waals surface area contributed by atoms with Crippen molar-refractivity contribution in [3.8, 4) is 0 Å². The van der Waals surface area contributed by atoms with E-state index in [1.165, 1.54) is 5.56 Å². The first kappa shape index (κ1) is 15.3. The summed E-state index contributed by atoms with van der Waals surface area (Å²) in [7, 11) is 1.73.